The molecule has 0 amide bonds. The maximum Gasteiger partial charge on any atom is 0.0471 e. The fraction of sp³-hybridized carbons (Fsp3) is 0.600. The quantitative estimate of drug-likeness (QED) is 0.844. The van der Waals surface area contributed by atoms with Crippen molar-refractivity contribution < 1.29 is 0 Å². The summed E-state index contributed by atoms with van der Waals surface area (Å²) in [5, 5.41) is 0.793. The molecular weight excluding hydrogens is 244 g/mol. The Balaban J connectivity index is 1.96. The number of anilines is 1. The first kappa shape index (κ1) is 13.7. The predicted octanol–water partition coefficient (Wildman–Crippen LogP) is 3.79. The second-order valence-corrected chi connectivity index (χ2v) is 6.07. The lowest BCUT2D eigenvalue weighted by Gasteiger charge is -2.34. The van der Waals surface area contributed by atoms with E-state index in [-0.39, 0.29) is 0 Å². The van der Waals surface area contributed by atoms with E-state index in [0.29, 0.717) is 0 Å². The first-order chi connectivity index (χ1) is 8.58. The predicted molar refractivity (Wildman–Crippen MR) is 78.7 cm³/mol. The number of piperidine rings is 1. The third-order valence-corrected chi connectivity index (χ3v) is 4.47. The molecule has 0 atom stereocenters. The van der Waals surface area contributed by atoms with Crippen molar-refractivity contribution in [1.29, 1.82) is 0 Å². The number of likely N-dealkylation sites (tertiary alicyclic amines) is 1. The molecule has 2 nitrogen and oxygen atoms in total. The number of hydrogen-bond donors (Lipinski definition) is 1. The highest BCUT2D eigenvalue weighted by molar-refractivity contribution is 6.31. The van der Waals surface area contributed by atoms with Crippen LogP contribution in [0.3, 0.4) is 0 Å². The van der Waals surface area contributed by atoms with Crippen LogP contribution in [0.15, 0.2) is 18.2 Å². The smallest absolute Gasteiger partial charge is 0.0471 e. The van der Waals surface area contributed by atoms with E-state index in [0.717, 1.165) is 47.7 Å². The van der Waals surface area contributed by atoms with Crippen LogP contribution in [0.1, 0.15) is 32.3 Å². The van der Waals surface area contributed by atoms with Crippen molar-refractivity contribution in [3.05, 3.63) is 28.8 Å². The van der Waals surface area contributed by atoms with Gasteiger partial charge in [-0.2, -0.15) is 0 Å². The Hall–Kier alpha value is -0.730. The highest BCUT2D eigenvalue weighted by Gasteiger charge is 2.22. The largest absolute Gasteiger partial charge is 0.398 e. The summed E-state index contributed by atoms with van der Waals surface area (Å²) < 4.78 is 0. The molecule has 1 aromatic carbocycles. The molecule has 1 saturated heterocycles. The van der Waals surface area contributed by atoms with Crippen LogP contribution in [0.4, 0.5) is 5.69 Å². The lowest BCUT2D eigenvalue weighted by Crippen LogP contribution is -2.35. The summed E-state index contributed by atoms with van der Waals surface area (Å²) in [4.78, 5) is 2.47. The van der Waals surface area contributed by atoms with E-state index in [2.05, 4.69) is 18.7 Å². The molecule has 0 spiro atoms. The van der Waals surface area contributed by atoms with Gasteiger partial charge < -0.3 is 5.73 Å². The second kappa shape index (κ2) is 5.94. The minimum atomic E-state index is 0.793. The van der Waals surface area contributed by atoms with Gasteiger partial charge in [0.2, 0.25) is 0 Å². The third kappa shape index (κ3) is 3.18. The lowest BCUT2D eigenvalue weighted by atomic mass is 9.86. The van der Waals surface area contributed by atoms with Crippen molar-refractivity contribution >= 4 is 17.3 Å². The van der Waals surface area contributed by atoms with E-state index < -0.39 is 0 Å². The van der Waals surface area contributed by atoms with Gasteiger partial charge in [-0.25, -0.2) is 0 Å². The summed E-state index contributed by atoms with van der Waals surface area (Å²) in [7, 11) is 0. The van der Waals surface area contributed by atoms with Gasteiger partial charge in [0.05, 0.1) is 0 Å². The van der Waals surface area contributed by atoms with Gasteiger partial charge in [0.1, 0.15) is 0 Å². The van der Waals surface area contributed by atoms with Gasteiger partial charge in [0.15, 0.2) is 0 Å². The highest BCUT2D eigenvalue weighted by Crippen LogP contribution is 2.28. The molecule has 1 aromatic rings. The molecule has 0 aliphatic carbocycles. The van der Waals surface area contributed by atoms with Crippen LogP contribution in [0.2, 0.25) is 5.02 Å². The van der Waals surface area contributed by atoms with Crippen molar-refractivity contribution in [3.8, 4) is 0 Å². The van der Waals surface area contributed by atoms with Crippen molar-refractivity contribution in [2.45, 2.75) is 33.2 Å². The number of rotatable bonds is 3. The number of nitrogen functional groups attached to an aromatic ring is 1. The van der Waals surface area contributed by atoms with Crippen molar-refractivity contribution in [2.75, 3.05) is 18.8 Å². The molecule has 3 heteroatoms. The highest BCUT2D eigenvalue weighted by atomic mass is 35.5. The van der Waals surface area contributed by atoms with Crippen LogP contribution < -0.4 is 5.73 Å². The van der Waals surface area contributed by atoms with Crippen LogP contribution in [-0.2, 0) is 6.54 Å². The summed E-state index contributed by atoms with van der Waals surface area (Å²) >= 11 is 6.22. The Morgan fingerprint density at radius 1 is 1.33 bits per heavy atom. The standard InChI is InChI=1S/C15H23ClN2/c1-11(2)12-6-8-18(9-7-12)10-13-14(16)4-3-5-15(13)17/h3-5,11-12H,6-10,17H2,1-2H3. The molecule has 0 saturated carbocycles. The first-order valence-electron chi connectivity index (χ1n) is 6.83. The SMILES string of the molecule is CC(C)C1CCN(Cc2c(N)cccc2Cl)CC1. The fourth-order valence-electron chi connectivity index (χ4n) is 2.74. The normalized spacial score (nSPS) is 18.4. The Labute approximate surface area is 115 Å². The molecule has 0 unspecified atom stereocenters. The van der Waals surface area contributed by atoms with Gasteiger partial charge in [0, 0.05) is 22.8 Å². The zero-order chi connectivity index (χ0) is 13.1. The van der Waals surface area contributed by atoms with Gasteiger partial charge in [0.25, 0.3) is 0 Å². The van der Waals surface area contributed by atoms with Crippen LogP contribution in [0, 0.1) is 11.8 Å². The molecule has 0 radical (unpaired) electrons. The van der Waals surface area contributed by atoms with Gasteiger partial charge in [-0.05, 0) is 49.9 Å². The summed E-state index contributed by atoms with van der Waals surface area (Å²) in [6.45, 7) is 7.86. The fourth-order valence-corrected chi connectivity index (χ4v) is 2.99. The molecule has 0 bridgehead atoms. The lowest BCUT2D eigenvalue weighted by molar-refractivity contribution is 0.152. The molecule has 0 aromatic heterocycles. The van der Waals surface area contributed by atoms with Gasteiger partial charge in [-0.1, -0.05) is 31.5 Å². The van der Waals surface area contributed by atoms with E-state index in [1.54, 1.807) is 0 Å². The first-order valence-corrected chi connectivity index (χ1v) is 7.21. The third-order valence-electron chi connectivity index (χ3n) is 4.11. The number of halogens is 1. The molecule has 1 aliphatic rings. The molecule has 18 heavy (non-hydrogen) atoms. The molecule has 1 heterocycles. The van der Waals surface area contributed by atoms with Crippen molar-refractivity contribution in [1.82, 2.24) is 4.90 Å². The number of benzene rings is 1. The number of hydrogen-bond acceptors (Lipinski definition) is 2. The molecule has 100 valence electrons. The molecular formula is C15H23ClN2. The minimum Gasteiger partial charge on any atom is -0.398 e. The number of nitrogens with two attached hydrogens (primary N) is 1. The van der Waals surface area contributed by atoms with Crippen molar-refractivity contribution in [3.63, 3.8) is 0 Å². The zero-order valence-electron chi connectivity index (χ0n) is 11.3. The average molecular weight is 267 g/mol. The molecule has 1 aliphatic heterocycles. The van der Waals surface area contributed by atoms with E-state index >= 15 is 0 Å². The monoisotopic (exact) mass is 266 g/mol. The molecule has 2 N–H and O–H groups in total. The molecule has 2 rings (SSSR count). The van der Waals surface area contributed by atoms with Crippen LogP contribution >= 0.6 is 11.6 Å². The zero-order valence-corrected chi connectivity index (χ0v) is 12.1. The van der Waals surface area contributed by atoms with Gasteiger partial charge in [-0.15, -0.1) is 0 Å². The topological polar surface area (TPSA) is 29.3 Å². The van der Waals surface area contributed by atoms with Gasteiger partial charge in [-0.3, -0.25) is 4.90 Å². The van der Waals surface area contributed by atoms with E-state index in [9.17, 15) is 0 Å². The maximum atomic E-state index is 6.22. The van der Waals surface area contributed by atoms with E-state index in [4.69, 9.17) is 17.3 Å². The van der Waals surface area contributed by atoms with Gasteiger partial charge >= 0.3 is 0 Å². The summed E-state index contributed by atoms with van der Waals surface area (Å²) in [5.74, 6) is 1.68. The summed E-state index contributed by atoms with van der Waals surface area (Å²) in [6.07, 6.45) is 2.59. The second-order valence-electron chi connectivity index (χ2n) is 5.67. The van der Waals surface area contributed by atoms with E-state index in [1.165, 1.54) is 12.8 Å². The minimum absolute atomic E-state index is 0.793. The maximum absolute atomic E-state index is 6.22. The molecule has 1 fully saturated rings. The van der Waals surface area contributed by atoms with Crippen LogP contribution in [0.25, 0.3) is 0 Å². The Kier molecular flexibility index (Phi) is 4.52. The summed E-state index contributed by atoms with van der Waals surface area (Å²) in [6, 6.07) is 5.77. The van der Waals surface area contributed by atoms with E-state index in [1.807, 2.05) is 18.2 Å². The number of nitrogens with zero attached hydrogens (tertiary/aromatic N) is 1. The van der Waals surface area contributed by atoms with Crippen LogP contribution in [0.5, 0.6) is 0 Å². The Morgan fingerprint density at radius 3 is 2.56 bits per heavy atom. The Morgan fingerprint density at radius 2 is 2.00 bits per heavy atom. The Bertz CT molecular complexity index is 375. The average Bonchev–Trinajstić information content (AvgIpc) is 2.34. The van der Waals surface area contributed by atoms with Crippen LogP contribution in [-0.4, -0.2) is 18.0 Å². The summed E-state index contributed by atoms with van der Waals surface area (Å²) in [5.41, 5.74) is 7.90. The van der Waals surface area contributed by atoms with Crippen molar-refractivity contribution in [2.24, 2.45) is 11.8 Å².